The Morgan fingerprint density at radius 2 is 1.76 bits per heavy atom. The van der Waals surface area contributed by atoms with E-state index in [1.807, 2.05) is 6.92 Å². The number of halogens is 1. The van der Waals surface area contributed by atoms with Crippen molar-refractivity contribution in [1.29, 1.82) is 0 Å². The lowest BCUT2D eigenvalue weighted by molar-refractivity contribution is 0.0991. The van der Waals surface area contributed by atoms with Crippen molar-refractivity contribution in [3.05, 3.63) is 39.9 Å². The molecule has 1 aromatic rings. The van der Waals surface area contributed by atoms with Crippen LogP contribution in [0.15, 0.2) is 18.2 Å². The molecule has 0 aliphatic heterocycles. The number of allylic oxidation sites excluding steroid dienone is 2. The minimum Gasteiger partial charge on any atom is -0.493 e. The number of carbonyl (C=O) groups excluding carboxylic acids is 2. The average molecular weight is 251 g/mol. The smallest absolute Gasteiger partial charge is 0.190 e. The molecule has 0 saturated heterocycles. The van der Waals surface area contributed by atoms with E-state index in [4.69, 9.17) is 16.3 Å². The highest BCUT2D eigenvalue weighted by molar-refractivity contribution is 6.38. The molecule has 17 heavy (non-hydrogen) atoms. The molecule has 0 N–H and O–H groups in total. The van der Waals surface area contributed by atoms with Crippen LogP contribution in [0.2, 0.25) is 5.02 Å². The molecule has 0 heterocycles. The van der Waals surface area contributed by atoms with Gasteiger partial charge in [-0.05, 0) is 37.6 Å². The molecule has 0 aromatic heterocycles. The third-order valence-electron chi connectivity index (χ3n) is 2.59. The van der Waals surface area contributed by atoms with Crippen molar-refractivity contribution in [2.24, 2.45) is 0 Å². The van der Waals surface area contributed by atoms with Gasteiger partial charge in [0, 0.05) is 0 Å². The van der Waals surface area contributed by atoms with Crippen molar-refractivity contribution in [2.45, 2.75) is 13.8 Å². The van der Waals surface area contributed by atoms with Crippen molar-refractivity contribution in [3.63, 3.8) is 0 Å². The van der Waals surface area contributed by atoms with Gasteiger partial charge in [-0.15, -0.1) is 0 Å². The molecule has 1 aliphatic rings. The highest BCUT2D eigenvalue weighted by Gasteiger charge is 2.27. The Bertz CT molecular complexity index is 544. The molecule has 4 heteroatoms. The molecule has 0 bridgehead atoms. The zero-order valence-electron chi connectivity index (χ0n) is 9.54. The van der Waals surface area contributed by atoms with Gasteiger partial charge in [-0.2, -0.15) is 0 Å². The van der Waals surface area contributed by atoms with Gasteiger partial charge in [0.05, 0.1) is 22.8 Å². The number of hydrogen-bond acceptors (Lipinski definition) is 3. The van der Waals surface area contributed by atoms with Gasteiger partial charge in [-0.25, -0.2) is 0 Å². The van der Waals surface area contributed by atoms with Crippen LogP contribution in [-0.4, -0.2) is 18.2 Å². The van der Waals surface area contributed by atoms with Gasteiger partial charge in [0.2, 0.25) is 0 Å². The predicted octanol–water partition coefficient (Wildman–Crippen LogP) is 2.98. The van der Waals surface area contributed by atoms with E-state index in [0.717, 1.165) is 5.56 Å². The van der Waals surface area contributed by atoms with Crippen molar-refractivity contribution < 1.29 is 14.3 Å². The largest absolute Gasteiger partial charge is 0.493 e. The lowest BCUT2D eigenvalue weighted by atomic mass is 9.92. The predicted molar refractivity (Wildman–Crippen MR) is 65.2 cm³/mol. The average Bonchev–Trinajstić information content (AvgIpc) is 2.29. The van der Waals surface area contributed by atoms with Gasteiger partial charge in [0.15, 0.2) is 11.6 Å². The lowest BCUT2D eigenvalue weighted by Gasteiger charge is -2.17. The second-order valence-corrected chi connectivity index (χ2v) is 4.13. The van der Waals surface area contributed by atoms with Gasteiger partial charge in [-0.3, -0.25) is 9.59 Å². The Morgan fingerprint density at radius 3 is 2.35 bits per heavy atom. The molecule has 0 spiro atoms. The third-order valence-corrected chi connectivity index (χ3v) is 3.08. The standard InChI is InChI=1S/C13H11ClO3/c1-3-17-10-6-7(2)13(14)12-9(16)5-4-8(15)11(10)12/h4-6H,3H2,1-2H3. The van der Waals surface area contributed by atoms with Crippen molar-refractivity contribution in [2.75, 3.05) is 6.61 Å². The summed E-state index contributed by atoms with van der Waals surface area (Å²) < 4.78 is 5.39. The fraction of sp³-hybridized carbons (Fsp3) is 0.231. The number of hydrogen-bond donors (Lipinski definition) is 0. The minimum absolute atomic E-state index is 0.245. The van der Waals surface area contributed by atoms with Crippen LogP contribution in [0.1, 0.15) is 33.2 Å². The highest BCUT2D eigenvalue weighted by Crippen LogP contribution is 2.35. The SMILES string of the molecule is CCOc1cc(C)c(Cl)c2c1C(=O)C=CC2=O. The van der Waals surface area contributed by atoms with Crippen LogP contribution in [-0.2, 0) is 0 Å². The maximum Gasteiger partial charge on any atom is 0.190 e. The normalized spacial score (nSPS) is 13.8. The quantitative estimate of drug-likeness (QED) is 0.810. The number of aryl methyl sites for hydroxylation is 1. The summed E-state index contributed by atoms with van der Waals surface area (Å²) >= 11 is 6.08. The molecule has 0 radical (unpaired) electrons. The van der Waals surface area contributed by atoms with Crippen LogP contribution < -0.4 is 4.74 Å². The van der Waals surface area contributed by atoms with E-state index in [1.165, 1.54) is 12.2 Å². The Morgan fingerprint density at radius 1 is 1.18 bits per heavy atom. The number of rotatable bonds is 2. The summed E-state index contributed by atoms with van der Waals surface area (Å²) in [6, 6.07) is 1.69. The molecular formula is C13H11ClO3. The fourth-order valence-corrected chi connectivity index (χ4v) is 2.07. The third kappa shape index (κ3) is 1.87. The summed E-state index contributed by atoms with van der Waals surface area (Å²) in [6.07, 6.45) is 2.49. The van der Waals surface area contributed by atoms with Crippen LogP contribution in [0, 0.1) is 6.92 Å². The number of ether oxygens (including phenoxy) is 1. The number of carbonyl (C=O) groups is 2. The molecular weight excluding hydrogens is 240 g/mol. The van der Waals surface area contributed by atoms with Crippen LogP contribution >= 0.6 is 11.6 Å². The van der Waals surface area contributed by atoms with Gasteiger partial charge in [0.1, 0.15) is 5.75 Å². The van der Waals surface area contributed by atoms with E-state index < -0.39 is 0 Å². The highest BCUT2D eigenvalue weighted by atomic mass is 35.5. The summed E-state index contributed by atoms with van der Waals surface area (Å²) in [5.41, 5.74) is 1.25. The first-order valence-corrected chi connectivity index (χ1v) is 5.66. The van der Waals surface area contributed by atoms with E-state index in [0.29, 0.717) is 17.4 Å². The molecule has 0 saturated carbocycles. The van der Waals surface area contributed by atoms with Crippen molar-refractivity contribution in [3.8, 4) is 5.75 Å². The van der Waals surface area contributed by atoms with E-state index in [9.17, 15) is 9.59 Å². The van der Waals surface area contributed by atoms with Crippen LogP contribution in [0.3, 0.4) is 0 Å². The number of benzene rings is 1. The molecule has 2 rings (SSSR count). The second-order valence-electron chi connectivity index (χ2n) is 3.75. The molecule has 0 unspecified atom stereocenters. The van der Waals surface area contributed by atoms with Crippen LogP contribution in [0.25, 0.3) is 0 Å². The number of fused-ring (bicyclic) bond motifs is 1. The molecule has 1 aliphatic carbocycles. The molecule has 0 fully saturated rings. The maximum absolute atomic E-state index is 11.8. The van der Waals surface area contributed by atoms with E-state index in [2.05, 4.69) is 0 Å². The maximum atomic E-state index is 11.8. The summed E-state index contributed by atoms with van der Waals surface area (Å²) in [5, 5.41) is 0.325. The Kier molecular flexibility index (Phi) is 3.03. The fourth-order valence-electron chi connectivity index (χ4n) is 1.83. The summed E-state index contributed by atoms with van der Waals surface area (Å²) in [7, 11) is 0. The first kappa shape index (κ1) is 11.9. The monoisotopic (exact) mass is 250 g/mol. The van der Waals surface area contributed by atoms with E-state index in [-0.39, 0.29) is 22.7 Å². The van der Waals surface area contributed by atoms with Gasteiger partial charge in [-0.1, -0.05) is 11.6 Å². The molecule has 0 atom stereocenters. The topological polar surface area (TPSA) is 43.4 Å². The zero-order chi connectivity index (χ0) is 12.6. The first-order chi connectivity index (χ1) is 8.06. The van der Waals surface area contributed by atoms with Crippen LogP contribution in [0.4, 0.5) is 0 Å². The summed E-state index contributed by atoms with van der Waals surface area (Å²) in [4.78, 5) is 23.6. The van der Waals surface area contributed by atoms with Crippen molar-refractivity contribution in [1.82, 2.24) is 0 Å². The van der Waals surface area contributed by atoms with Gasteiger partial charge in [0.25, 0.3) is 0 Å². The van der Waals surface area contributed by atoms with Crippen molar-refractivity contribution >= 4 is 23.2 Å². The Labute approximate surface area is 104 Å². The van der Waals surface area contributed by atoms with Gasteiger partial charge >= 0.3 is 0 Å². The zero-order valence-corrected chi connectivity index (χ0v) is 10.3. The lowest BCUT2D eigenvalue weighted by Crippen LogP contribution is -2.15. The Balaban J connectivity index is 2.76. The Hall–Kier alpha value is -1.61. The van der Waals surface area contributed by atoms with E-state index >= 15 is 0 Å². The summed E-state index contributed by atoms with van der Waals surface area (Å²) in [5.74, 6) is -0.0775. The molecule has 3 nitrogen and oxygen atoms in total. The van der Waals surface area contributed by atoms with E-state index in [1.54, 1.807) is 13.0 Å². The number of ketones is 2. The van der Waals surface area contributed by atoms with Gasteiger partial charge < -0.3 is 4.74 Å². The first-order valence-electron chi connectivity index (χ1n) is 5.29. The molecule has 0 amide bonds. The molecule has 1 aromatic carbocycles. The molecule has 88 valence electrons. The van der Waals surface area contributed by atoms with Crippen LogP contribution in [0.5, 0.6) is 5.75 Å². The second kappa shape index (κ2) is 4.34. The minimum atomic E-state index is -0.255. The summed E-state index contributed by atoms with van der Waals surface area (Å²) in [6.45, 7) is 4.03.